The van der Waals surface area contributed by atoms with E-state index in [-0.39, 0.29) is 11.5 Å². The summed E-state index contributed by atoms with van der Waals surface area (Å²) in [6, 6.07) is 9.86. The molecule has 2 N–H and O–H groups in total. The highest BCUT2D eigenvalue weighted by molar-refractivity contribution is 5.89. The number of H-pyrrole nitrogens is 1. The predicted octanol–water partition coefficient (Wildman–Crippen LogP) is 3.01. The Bertz CT molecular complexity index is 786. The van der Waals surface area contributed by atoms with Crippen molar-refractivity contribution in [3.05, 3.63) is 47.9 Å². The number of rotatable bonds is 2. The number of hydrogen-bond acceptors (Lipinski definition) is 1. The Morgan fingerprint density at radius 2 is 2.11 bits per heavy atom. The number of nitrogens with one attached hydrogen (secondary N) is 1. The molecule has 0 aliphatic carbocycles. The quantitative estimate of drug-likeness (QED) is 0.742. The van der Waals surface area contributed by atoms with Crippen molar-refractivity contribution in [3.8, 4) is 11.4 Å². The van der Waals surface area contributed by atoms with Gasteiger partial charge in [0.25, 0.3) is 0 Å². The minimum absolute atomic E-state index is 0.189. The first-order valence-corrected chi connectivity index (χ1v) is 5.74. The van der Waals surface area contributed by atoms with Gasteiger partial charge >= 0.3 is 5.97 Å². The van der Waals surface area contributed by atoms with Gasteiger partial charge in [-0.25, -0.2) is 9.18 Å². The number of carbonyl (C=O) groups is 1. The number of carboxylic acids is 1. The molecule has 0 unspecified atom stereocenters. The molecule has 5 heteroatoms. The molecule has 0 spiro atoms. The van der Waals surface area contributed by atoms with Gasteiger partial charge in [0, 0.05) is 12.4 Å². The highest BCUT2D eigenvalue weighted by atomic mass is 19.1. The van der Waals surface area contributed by atoms with Gasteiger partial charge in [0.2, 0.25) is 0 Å². The molecule has 4 nitrogen and oxygen atoms in total. The van der Waals surface area contributed by atoms with Crippen molar-refractivity contribution < 1.29 is 14.3 Å². The molecule has 0 fully saturated rings. The zero-order valence-electron chi connectivity index (χ0n) is 10.1. The molecule has 2 aromatic heterocycles. The average Bonchev–Trinajstić information content (AvgIpc) is 2.93. The van der Waals surface area contributed by atoms with Crippen molar-refractivity contribution in [1.29, 1.82) is 0 Å². The Morgan fingerprint density at radius 3 is 2.74 bits per heavy atom. The van der Waals surface area contributed by atoms with Gasteiger partial charge in [-0.05, 0) is 24.3 Å². The van der Waals surface area contributed by atoms with Crippen LogP contribution in [0.2, 0.25) is 0 Å². The van der Waals surface area contributed by atoms with Crippen molar-refractivity contribution >= 4 is 16.9 Å². The molecule has 96 valence electrons. The van der Waals surface area contributed by atoms with E-state index in [4.69, 9.17) is 5.11 Å². The Morgan fingerprint density at radius 1 is 1.32 bits per heavy atom. The minimum atomic E-state index is -0.990. The van der Waals surface area contributed by atoms with E-state index in [1.54, 1.807) is 35.9 Å². The summed E-state index contributed by atoms with van der Waals surface area (Å²) in [7, 11) is 1.67. The number of aromatic nitrogens is 2. The predicted molar refractivity (Wildman–Crippen MR) is 69.6 cm³/mol. The first kappa shape index (κ1) is 11.5. The van der Waals surface area contributed by atoms with Crippen molar-refractivity contribution in [2.75, 3.05) is 0 Å². The van der Waals surface area contributed by atoms with E-state index in [0.717, 1.165) is 5.39 Å². The van der Waals surface area contributed by atoms with Crippen LogP contribution in [0.1, 0.15) is 10.5 Å². The van der Waals surface area contributed by atoms with Gasteiger partial charge in [-0.3, -0.25) is 0 Å². The monoisotopic (exact) mass is 258 g/mol. The molecule has 19 heavy (non-hydrogen) atoms. The van der Waals surface area contributed by atoms with Crippen LogP contribution in [0.4, 0.5) is 4.39 Å². The van der Waals surface area contributed by atoms with Gasteiger partial charge in [-0.15, -0.1) is 0 Å². The number of para-hydroxylation sites is 1. The van der Waals surface area contributed by atoms with Crippen LogP contribution in [0.25, 0.3) is 22.3 Å². The van der Waals surface area contributed by atoms with E-state index < -0.39 is 5.97 Å². The van der Waals surface area contributed by atoms with Gasteiger partial charge in [-0.2, -0.15) is 0 Å². The summed E-state index contributed by atoms with van der Waals surface area (Å²) in [6.07, 6.45) is 0. The number of hydrogen-bond donors (Lipinski definition) is 2. The number of benzene rings is 1. The van der Waals surface area contributed by atoms with Crippen LogP contribution in [0, 0.1) is 5.82 Å². The van der Waals surface area contributed by atoms with Crippen LogP contribution in [-0.2, 0) is 7.05 Å². The summed E-state index contributed by atoms with van der Waals surface area (Å²) >= 11 is 0. The number of nitrogens with zero attached hydrogens (tertiary/aromatic N) is 1. The third-order valence-electron chi connectivity index (χ3n) is 3.22. The maximum Gasteiger partial charge on any atom is 0.352 e. The summed E-state index contributed by atoms with van der Waals surface area (Å²) in [5.74, 6) is -1.31. The second-order valence-corrected chi connectivity index (χ2v) is 4.36. The second kappa shape index (κ2) is 3.98. The lowest BCUT2D eigenvalue weighted by Crippen LogP contribution is -2.05. The highest BCUT2D eigenvalue weighted by Gasteiger charge is 2.14. The number of halogens is 1. The molecule has 0 atom stereocenters. The molecule has 0 radical (unpaired) electrons. The summed E-state index contributed by atoms with van der Waals surface area (Å²) in [6.45, 7) is 0. The summed E-state index contributed by atoms with van der Waals surface area (Å²) in [5, 5.41) is 9.78. The zero-order chi connectivity index (χ0) is 13.6. The molecule has 0 saturated carbocycles. The Hall–Kier alpha value is -2.56. The first-order valence-electron chi connectivity index (χ1n) is 5.74. The van der Waals surface area contributed by atoms with Gasteiger partial charge in [0.1, 0.15) is 11.5 Å². The normalized spacial score (nSPS) is 11.1. The van der Waals surface area contributed by atoms with Gasteiger partial charge in [0.15, 0.2) is 0 Å². The van der Waals surface area contributed by atoms with Crippen LogP contribution in [0.15, 0.2) is 36.4 Å². The highest BCUT2D eigenvalue weighted by Crippen LogP contribution is 2.26. The molecule has 0 aliphatic heterocycles. The van der Waals surface area contributed by atoms with Crippen LogP contribution in [-0.4, -0.2) is 20.6 Å². The lowest BCUT2D eigenvalue weighted by Gasteiger charge is -2.02. The maximum absolute atomic E-state index is 13.6. The topological polar surface area (TPSA) is 58.0 Å². The number of fused-ring (bicyclic) bond motifs is 1. The minimum Gasteiger partial charge on any atom is -0.477 e. The standard InChI is InChI=1S/C14H11FN2O2/c1-17-11(5-6-12(17)14(18)19)10-7-8-3-2-4-9(15)13(8)16-10/h2-7,16H,1H3,(H,18,19). The average molecular weight is 258 g/mol. The third-order valence-corrected chi connectivity index (χ3v) is 3.22. The molecule has 0 bridgehead atoms. The lowest BCUT2D eigenvalue weighted by molar-refractivity contribution is 0.0687. The van der Waals surface area contributed by atoms with Crippen LogP contribution in [0.5, 0.6) is 0 Å². The van der Waals surface area contributed by atoms with Crippen molar-refractivity contribution in [1.82, 2.24) is 9.55 Å². The van der Waals surface area contributed by atoms with E-state index in [0.29, 0.717) is 16.9 Å². The third kappa shape index (κ3) is 1.71. The summed E-state index contributed by atoms with van der Waals surface area (Å²) < 4.78 is 15.2. The van der Waals surface area contributed by atoms with Gasteiger partial charge in [-0.1, -0.05) is 12.1 Å². The Balaban J connectivity index is 2.20. The van der Waals surface area contributed by atoms with Crippen LogP contribution >= 0.6 is 0 Å². The van der Waals surface area contributed by atoms with E-state index >= 15 is 0 Å². The van der Waals surface area contributed by atoms with E-state index in [1.165, 1.54) is 12.1 Å². The number of carboxylic acid groups (broad SMARTS) is 1. The van der Waals surface area contributed by atoms with Gasteiger partial charge < -0.3 is 14.7 Å². The molecule has 0 amide bonds. The summed E-state index contributed by atoms with van der Waals surface area (Å²) in [5.41, 5.74) is 2.01. The second-order valence-electron chi connectivity index (χ2n) is 4.36. The van der Waals surface area contributed by atoms with E-state index in [9.17, 15) is 9.18 Å². The maximum atomic E-state index is 13.6. The molecule has 0 saturated heterocycles. The largest absolute Gasteiger partial charge is 0.477 e. The molecule has 3 rings (SSSR count). The van der Waals surface area contributed by atoms with Crippen molar-refractivity contribution in [3.63, 3.8) is 0 Å². The fourth-order valence-corrected chi connectivity index (χ4v) is 2.25. The van der Waals surface area contributed by atoms with E-state index in [1.807, 2.05) is 0 Å². The Labute approximate surface area is 108 Å². The molecular weight excluding hydrogens is 247 g/mol. The van der Waals surface area contributed by atoms with E-state index in [2.05, 4.69) is 4.98 Å². The lowest BCUT2D eigenvalue weighted by atomic mass is 10.2. The fraction of sp³-hybridized carbons (Fsp3) is 0.0714. The van der Waals surface area contributed by atoms with Crippen molar-refractivity contribution in [2.24, 2.45) is 7.05 Å². The number of aromatic amines is 1. The van der Waals surface area contributed by atoms with Gasteiger partial charge in [0.05, 0.1) is 16.9 Å². The molecule has 3 aromatic rings. The molecular formula is C14H11FN2O2. The summed E-state index contributed by atoms with van der Waals surface area (Å²) in [4.78, 5) is 14.0. The van der Waals surface area contributed by atoms with Crippen LogP contribution in [0.3, 0.4) is 0 Å². The smallest absolute Gasteiger partial charge is 0.352 e. The van der Waals surface area contributed by atoms with Crippen molar-refractivity contribution in [2.45, 2.75) is 0 Å². The zero-order valence-corrected chi connectivity index (χ0v) is 10.1. The molecule has 0 aliphatic rings. The first-order chi connectivity index (χ1) is 9.08. The molecule has 2 heterocycles. The van der Waals surface area contributed by atoms with Crippen LogP contribution < -0.4 is 0 Å². The number of aromatic carboxylic acids is 1. The molecule has 1 aromatic carbocycles. The fourth-order valence-electron chi connectivity index (χ4n) is 2.25. The Kier molecular flexibility index (Phi) is 2.41. The SMILES string of the molecule is Cn1c(C(=O)O)ccc1-c1cc2cccc(F)c2[nH]1.